The number of aromatic nitrogens is 2. The van der Waals surface area contributed by atoms with Crippen molar-refractivity contribution in [3.63, 3.8) is 0 Å². The number of nitrogens with two attached hydrogens (primary N) is 1. The maximum atomic E-state index is 5.71. The van der Waals surface area contributed by atoms with Gasteiger partial charge in [-0.15, -0.1) is 17.0 Å². The van der Waals surface area contributed by atoms with E-state index >= 15 is 0 Å². The summed E-state index contributed by atoms with van der Waals surface area (Å²) in [6.07, 6.45) is 0. The van der Waals surface area contributed by atoms with Crippen LogP contribution in [0.5, 0.6) is 0 Å². The third kappa shape index (κ3) is 2.44. The molecule has 2 rings (SSSR count). The molecule has 2 heterocycles. The SMILES string of the molecule is Br.Cc1cc(C)nc(N2CCN=C2N)n1. The summed E-state index contributed by atoms with van der Waals surface area (Å²) in [5, 5.41) is 0. The molecule has 0 radical (unpaired) electrons. The highest BCUT2D eigenvalue weighted by molar-refractivity contribution is 8.93. The zero-order valence-corrected chi connectivity index (χ0v) is 10.5. The van der Waals surface area contributed by atoms with E-state index in [1.807, 2.05) is 24.8 Å². The van der Waals surface area contributed by atoms with Crippen LogP contribution in [0.3, 0.4) is 0 Å². The van der Waals surface area contributed by atoms with Gasteiger partial charge in [-0.1, -0.05) is 0 Å². The summed E-state index contributed by atoms with van der Waals surface area (Å²) in [6, 6.07) is 1.94. The van der Waals surface area contributed by atoms with Crippen molar-refractivity contribution in [1.82, 2.24) is 9.97 Å². The fourth-order valence-electron chi connectivity index (χ4n) is 1.49. The number of halogens is 1. The molecule has 0 amide bonds. The molecule has 5 nitrogen and oxygen atoms in total. The Labute approximate surface area is 99.2 Å². The molecule has 1 aliphatic rings. The van der Waals surface area contributed by atoms with E-state index in [0.717, 1.165) is 24.5 Å². The lowest BCUT2D eigenvalue weighted by molar-refractivity contribution is 0.937. The van der Waals surface area contributed by atoms with Crippen LogP contribution in [-0.2, 0) is 0 Å². The van der Waals surface area contributed by atoms with Gasteiger partial charge in [0.05, 0.1) is 6.54 Å². The highest BCUT2D eigenvalue weighted by atomic mass is 79.9. The Bertz CT molecular complexity index is 370. The first-order valence-electron chi connectivity index (χ1n) is 4.56. The third-order valence-electron chi connectivity index (χ3n) is 2.09. The van der Waals surface area contributed by atoms with Gasteiger partial charge in [0.25, 0.3) is 0 Å². The second-order valence-electron chi connectivity index (χ2n) is 3.34. The molecular weight excluding hydrogens is 258 g/mol. The molecule has 15 heavy (non-hydrogen) atoms. The fraction of sp³-hybridized carbons (Fsp3) is 0.444. The second kappa shape index (κ2) is 4.57. The molecule has 82 valence electrons. The van der Waals surface area contributed by atoms with Crippen LogP contribution in [0.2, 0.25) is 0 Å². The first-order chi connectivity index (χ1) is 6.66. The van der Waals surface area contributed by atoms with Crippen LogP contribution in [0, 0.1) is 13.8 Å². The largest absolute Gasteiger partial charge is 0.369 e. The van der Waals surface area contributed by atoms with Gasteiger partial charge in [0, 0.05) is 17.9 Å². The summed E-state index contributed by atoms with van der Waals surface area (Å²) >= 11 is 0. The first-order valence-corrected chi connectivity index (χ1v) is 4.56. The van der Waals surface area contributed by atoms with E-state index in [9.17, 15) is 0 Å². The topological polar surface area (TPSA) is 67.4 Å². The lowest BCUT2D eigenvalue weighted by atomic mass is 10.3. The minimum Gasteiger partial charge on any atom is -0.369 e. The van der Waals surface area contributed by atoms with Gasteiger partial charge in [-0.25, -0.2) is 9.97 Å². The van der Waals surface area contributed by atoms with Crippen LogP contribution in [0.4, 0.5) is 5.95 Å². The van der Waals surface area contributed by atoms with Crippen LogP contribution in [-0.4, -0.2) is 29.0 Å². The molecule has 0 aromatic carbocycles. The van der Waals surface area contributed by atoms with E-state index < -0.39 is 0 Å². The molecule has 0 atom stereocenters. The van der Waals surface area contributed by atoms with Gasteiger partial charge < -0.3 is 5.73 Å². The molecule has 0 spiro atoms. The van der Waals surface area contributed by atoms with E-state index in [2.05, 4.69) is 15.0 Å². The molecule has 0 saturated heterocycles. The molecule has 0 bridgehead atoms. The highest BCUT2D eigenvalue weighted by Gasteiger charge is 2.18. The average molecular weight is 272 g/mol. The number of guanidine groups is 1. The van der Waals surface area contributed by atoms with Gasteiger partial charge >= 0.3 is 0 Å². The summed E-state index contributed by atoms with van der Waals surface area (Å²) in [4.78, 5) is 14.6. The van der Waals surface area contributed by atoms with Crippen LogP contribution < -0.4 is 10.6 Å². The molecule has 1 aromatic heterocycles. The molecule has 1 aromatic rings. The smallest absolute Gasteiger partial charge is 0.232 e. The van der Waals surface area contributed by atoms with Crippen molar-refractivity contribution >= 4 is 28.9 Å². The number of aryl methyl sites for hydroxylation is 2. The fourth-order valence-corrected chi connectivity index (χ4v) is 1.49. The summed E-state index contributed by atoms with van der Waals surface area (Å²) in [6.45, 7) is 5.39. The van der Waals surface area contributed by atoms with Crippen molar-refractivity contribution < 1.29 is 0 Å². The molecule has 0 saturated carbocycles. The molecule has 1 aliphatic heterocycles. The summed E-state index contributed by atoms with van der Waals surface area (Å²) in [5.74, 6) is 1.16. The normalized spacial score (nSPS) is 14.8. The number of hydrogen-bond acceptors (Lipinski definition) is 5. The van der Waals surface area contributed by atoms with Crippen molar-refractivity contribution in [2.45, 2.75) is 13.8 Å². The van der Waals surface area contributed by atoms with Crippen molar-refractivity contribution in [3.8, 4) is 0 Å². The Balaban J connectivity index is 0.00000112. The predicted octanol–water partition coefficient (Wildman–Crippen LogP) is 0.806. The van der Waals surface area contributed by atoms with Crippen LogP contribution in [0.25, 0.3) is 0 Å². The average Bonchev–Trinajstić information content (AvgIpc) is 2.49. The number of rotatable bonds is 1. The van der Waals surface area contributed by atoms with E-state index in [-0.39, 0.29) is 17.0 Å². The van der Waals surface area contributed by atoms with Gasteiger partial charge in [-0.2, -0.15) is 0 Å². The number of hydrogen-bond donors (Lipinski definition) is 1. The van der Waals surface area contributed by atoms with Gasteiger partial charge in [0.2, 0.25) is 5.95 Å². The standard InChI is InChI=1S/C9H13N5.BrH/c1-6-5-7(2)13-9(12-6)14-4-3-11-8(14)10;/h5H,3-4H2,1-2H3,(H2,10,11);1H. The third-order valence-corrected chi connectivity index (χ3v) is 2.09. The molecular formula is C9H14BrN5. The highest BCUT2D eigenvalue weighted by Crippen LogP contribution is 2.11. The van der Waals surface area contributed by atoms with Crippen molar-refractivity contribution in [3.05, 3.63) is 17.5 Å². The summed E-state index contributed by atoms with van der Waals surface area (Å²) < 4.78 is 0. The van der Waals surface area contributed by atoms with Gasteiger partial charge in [-0.3, -0.25) is 9.89 Å². The minimum atomic E-state index is 0. The van der Waals surface area contributed by atoms with Crippen LogP contribution >= 0.6 is 17.0 Å². The van der Waals surface area contributed by atoms with Gasteiger partial charge in [0.15, 0.2) is 5.96 Å². The molecule has 0 unspecified atom stereocenters. The number of nitrogens with zero attached hydrogens (tertiary/aromatic N) is 4. The zero-order chi connectivity index (χ0) is 10.1. The van der Waals surface area contributed by atoms with E-state index in [1.54, 1.807) is 0 Å². The summed E-state index contributed by atoms with van der Waals surface area (Å²) in [5.41, 5.74) is 7.61. The quantitative estimate of drug-likeness (QED) is 0.821. The maximum absolute atomic E-state index is 5.71. The molecule has 6 heteroatoms. The Morgan fingerprint density at radius 3 is 2.33 bits per heavy atom. The summed E-state index contributed by atoms with van der Waals surface area (Å²) in [7, 11) is 0. The lowest BCUT2D eigenvalue weighted by Gasteiger charge is -2.15. The van der Waals surface area contributed by atoms with Crippen molar-refractivity contribution in [1.29, 1.82) is 0 Å². The predicted molar refractivity (Wildman–Crippen MR) is 65.7 cm³/mol. The minimum absolute atomic E-state index is 0. The van der Waals surface area contributed by atoms with Crippen LogP contribution in [0.1, 0.15) is 11.4 Å². The Kier molecular flexibility index (Phi) is 3.62. The number of anilines is 1. The van der Waals surface area contributed by atoms with Crippen LogP contribution in [0.15, 0.2) is 11.1 Å². The Hall–Kier alpha value is -1.17. The molecule has 0 aliphatic carbocycles. The maximum Gasteiger partial charge on any atom is 0.232 e. The van der Waals surface area contributed by atoms with E-state index in [1.165, 1.54) is 0 Å². The molecule has 2 N–H and O–H groups in total. The second-order valence-corrected chi connectivity index (χ2v) is 3.34. The van der Waals surface area contributed by atoms with E-state index in [0.29, 0.717) is 11.9 Å². The Morgan fingerprint density at radius 1 is 1.27 bits per heavy atom. The number of aliphatic imine (C=N–C) groups is 1. The molecule has 0 fully saturated rings. The Morgan fingerprint density at radius 2 is 1.87 bits per heavy atom. The lowest BCUT2D eigenvalue weighted by Crippen LogP contribution is -2.35. The first kappa shape index (κ1) is 11.9. The van der Waals surface area contributed by atoms with Gasteiger partial charge in [-0.05, 0) is 19.9 Å². The zero-order valence-electron chi connectivity index (χ0n) is 8.77. The van der Waals surface area contributed by atoms with Gasteiger partial charge in [0.1, 0.15) is 0 Å². The van der Waals surface area contributed by atoms with E-state index in [4.69, 9.17) is 5.73 Å². The van der Waals surface area contributed by atoms with Crippen molar-refractivity contribution in [2.75, 3.05) is 18.0 Å². The van der Waals surface area contributed by atoms with Crippen molar-refractivity contribution in [2.24, 2.45) is 10.7 Å². The monoisotopic (exact) mass is 271 g/mol.